The van der Waals surface area contributed by atoms with Gasteiger partial charge in [0.1, 0.15) is 0 Å². The lowest BCUT2D eigenvalue weighted by Gasteiger charge is -2.30. The van der Waals surface area contributed by atoms with Gasteiger partial charge in [0.2, 0.25) is 0 Å². The van der Waals surface area contributed by atoms with Crippen LogP contribution in [0.2, 0.25) is 0 Å². The highest BCUT2D eigenvalue weighted by atomic mass is 16.5. The summed E-state index contributed by atoms with van der Waals surface area (Å²) in [5.41, 5.74) is 4.02. The molecule has 0 saturated heterocycles. The van der Waals surface area contributed by atoms with Crippen LogP contribution in [-0.4, -0.2) is 42.4 Å². The summed E-state index contributed by atoms with van der Waals surface area (Å²) in [6.07, 6.45) is 6.81. The normalized spacial score (nSPS) is 17.2. The van der Waals surface area contributed by atoms with Gasteiger partial charge in [0.05, 0.1) is 31.6 Å². The Hall–Kier alpha value is -1.11. The van der Waals surface area contributed by atoms with Crippen LogP contribution in [0.15, 0.2) is 6.20 Å². The first-order valence-corrected chi connectivity index (χ1v) is 7.36. The Kier molecular flexibility index (Phi) is 5.39. The van der Waals surface area contributed by atoms with Gasteiger partial charge >= 0.3 is 0 Å². The summed E-state index contributed by atoms with van der Waals surface area (Å²) in [6.45, 7) is 1.78. The van der Waals surface area contributed by atoms with E-state index in [1.54, 1.807) is 13.3 Å². The number of aromatic nitrogens is 2. The molecule has 3 N–H and O–H groups in total. The Balaban J connectivity index is 2.13. The molecule has 0 aliphatic heterocycles. The highest BCUT2D eigenvalue weighted by Crippen LogP contribution is 2.36. The largest absolute Gasteiger partial charge is 0.493 e. The van der Waals surface area contributed by atoms with Crippen molar-refractivity contribution in [3.05, 3.63) is 11.9 Å². The number of nitrogens with one attached hydrogen (secondary N) is 1. The second kappa shape index (κ2) is 7.06. The van der Waals surface area contributed by atoms with Crippen molar-refractivity contribution in [1.29, 1.82) is 0 Å². The Bertz CT molecular complexity index is 414. The number of nitrogens with zero attached hydrogens (tertiary/aromatic N) is 3. The number of ether oxygens (including phenoxy) is 1. The Morgan fingerprint density at radius 2 is 2.30 bits per heavy atom. The summed E-state index contributed by atoms with van der Waals surface area (Å²) >= 11 is 0. The molecule has 6 heteroatoms. The second-order valence-electron chi connectivity index (χ2n) is 5.88. The van der Waals surface area contributed by atoms with Gasteiger partial charge in [0.25, 0.3) is 0 Å². The second-order valence-corrected chi connectivity index (χ2v) is 5.88. The zero-order valence-corrected chi connectivity index (χ0v) is 12.8. The average Bonchev–Trinajstić information content (AvgIpc) is 2.78. The molecule has 6 nitrogen and oxygen atoms in total. The minimum Gasteiger partial charge on any atom is -0.493 e. The van der Waals surface area contributed by atoms with Gasteiger partial charge in [0, 0.05) is 6.54 Å². The van der Waals surface area contributed by atoms with E-state index in [9.17, 15) is 0 Å². The third-order valence-electron chi connectivity index (χ3n) is 4.15. The maximum absolute atomic E-state index is 5.78. The van der Waals surface area contributed by atoms with Crippen LogP contribution < -0.4 is 16.0 Å². The third kappa shape index (κ3) is 3.50. The Labute approximate surface area is 121 Å². The highest BCUT2D eigenvalue weighted by Gasteiger charge is 2.27. The molecule has 114 valence electrons. The summed E-state index contributed by atoms with van der Waals surface area (Å²) in [5, 5.41) is 4.45. The molecule has 1 atom stereocenters. The van der Waals surface area contributed by atoms with Crippen molar-refractivity contribution < 1.29 is 4.74 Å². The molecule has 1 saturated carbocycles. The van der Waals surface area contributed by atoms with E-state index >= 15 is 0 Å². The number of hydrogen-bond donors (Lipinski definition) is 2. The molecule has 1 aliphatic carbocycles. The molecule has 0 spiro atoms. The van der Waals surface area contributed by atoms with Gasteiger partial charge in [-0.3, -0.25) is 16.0 Å². The monoisotopic (exact) mass is 281 g/mol. The molecule has 2 rings (SSSR count). The zero-order chi connectivity index (χ0) is 14.5. The van der Waals surface area contributed by atoms with Crippen molar-refractivity contribution in [2.45, 2.75) is 38.3 Å². The number of nitrogens with two attached hydrogens (primary N) is 1. The molecule has 1 fully saturated rings. The number of rotatable bonds is 8. The number of methoxy groups -OCH3 is 1. The van der Waals surface area contributed by atoms with Gasteiger partial charge in [-0.1, -0.05) is 19.3 Å². The molecule has 0 amide bonds. The predicted molar refractivity (Wildman–Crippen MR) is 79.4 cm³/mol. The molecule has 1 unspecified atom stereocenters. The van der Waals surface area contributed by atoms with Crippen molar-refractivity contribution in [2.24, 2.45) is 11.8 Å². The van der Waals surface area contributed by atoms with Gasteiger partial charge < -0.3 is 9.64 Å². The summed E-state index contributed by atoms with van der Waals surface area (Å²) in [6, 6.07) is 0.111. The molecular formula is C14H27N5O. The number of likely N-dealkylation sites (N-methyl/N-ethyl adjacent to an activating group) is 1. The molecule has 0 bridgehead atoms. The van der Waals surface area contributed by atoms with Crippen LogP contribution in [0, 0.1) is 5.92 Å². The summed E-state index contributed by atoms with van der Waals surface area (Å²) in [7, 11) is 5.81. The predicted octanol–water partition coefficient (Wildman–Crippen LogP) is 1.15. The van der Waals surface area contributed by atoms with E-state index in [1.807, 2.05) is 4.68 Å². The van der Waals surface area contributed by atoms with Crippen molar-refractivity contribution in [1.82, 2.24) is 20.1 Å². The molecule has 1 aromatic heterocycles. The zero-order valence-electron chi connectivity index (χ0n) is 12.8. The Morgan fingerprint density at radius 1 is 1.55 bits per heavy atom. The fraction of sp³-hybridized carbons (Fsp3) is 0.786. The van der Waals surface area contributed by atoms with E-state index in [-0.39, 0.29) is 6.04 Å². The summed E-state index contributed by atoms with van der Waals surface area (Å²) in [5.74, 6) is 7.38. The standard InChI is InChI=1S/C14H27N5O/c1-18(2)7-8-19-14(13(20-3)10-16-19)12(17-15)9-11-5-4-6-11/h10-12,17H,4-9,15H2,1-3H3. The maximum atomic E-state index is 5.78. The van der Waals surface area contributed by atoms with E-state index in [2.05, 4.69) is 29.5 Å². The Morgan fingerprint density at radius 3 is 2.80 bits per heavy atom. The van der Waals surface area contributed by atoms with E-state index in [0.29, 0.717) is 0 Å². The third-order valence-corrected chi connectivity index (χ3v) is 4.15. The quantitative estimate of drug-likeness (QED) is 0.552. The van der Waals surface area contributed by atoms with Crippen LogP contribution in [0.4, 0.5) is 0 Å². The first-order valence-electron chi connectivity index (χ1n) is 7.36. The lowest BCUT2D eigenvalue weighted by atomic mass is 9.80. The molecule has 1 aliphatic rings. The molecule has 20 heavy (non-hydrogen) atoms. The molecule has 0 radical (unpaired) electrons. The summed E-state index contributed by atoms with van der Waals surface area (Å²) in [4.78, 5) is 2.15. The average molecular weight is 281 g/mol. The van der Waals surface area contributed by atoms with Crippen LogP contribution in [0.25, 0.3) is 0 Å². The SMILES string of the molecule is COc1cnn(CCN(C)C)c1C(CC1CCC1)NN. The van der Waals surface area contributed by atoms with E-state index in [1.165, 1.54) is 19.3 Å². The van der Waals surface area contributed by atoms with Crippen LogP contribution in [0.3, 0.4) is 0 Å². The summed E-state index contributed by atoms with van der Waals surface area (Å²) < 4.78 is 7.47. The van der Waals surface area contributed by atoms with Gasteiger partial charge in [-0.25, -0.2) is 0 Å². The maximum Gasteiger partial charge on any atom is 0.161 e. The fourth-order valence-electron chi connectivity index (χ4n) is 2.68. The van der Waals surface area contributed by atoms with Crippen LogP contribution in [0.5, 0.6) is 5.75 Å². The van der Waals surface area contributed by atoms with E-state index in [4.69, 9.17) is 10.6 Å². The van der Waals surface area contributed by atoms with Crippen LogP contribution in [-0.2, 0) is 6.54 Å². The topological polar surface area (TPSA) is 68.3 Å². The minimum atomic E-state index is 0.111. The molecule has 1 aromatic rings. The van der Waals surface area contributed by atoms with Gasteiger partial charge in [0.15, 0.2) is 5.75 Å². The van der Waals surface area contributed by atoms with E-state index in [0.717, 1.165) is 36.9 Å². The van der Waals surface area contributed by atoms with E-state index < -0.39 is 0 Å². The van der Waals surface area contributed by atoms with Crippen molar-refractivity contribution in [3.63, 3.8) is 0 Å². The number of hydrazine groups is 1. The molecule has 1 heterocycles. The first-order chi connectivity index (χ1) is 9.65. The minimum absolute atomic E-state index is 0.111. The van der Waals surface area contributed by atoms with Crippen LogP contribution >= 0.6 is 0 Å². The number of hydrogen-bond acceptors (Lipinski definition) is 5. The first kappa shape index (κ1) is 15.3. The van der Waals surface area contributed by atoms with Gasteiger partial charge in [-0.15, -0.1) is 0 Å². The lowest BCUT2D eigenvalue weighted by molar-refractivity contribution is 0.251. The van der Waals surface area contributed by atoms with Crippen LogP contribution in [0.1, 0.15) is 37.4 Å². The molecular weight excluding hydrogens is 254 g/mol. The molecule has 0 aromatic carbocycles. The fourth-order valence-corrected chi connectivity index (χ4v) is 2.68. The van der Waals surface area contributed by atoms with Crippen molar-refractivity contribution >= 4 is 0 Å². The van der Waals surface area contributed by atoms with Crippen molar-refractivity contribution in [2.75, 3.05) is 27.7 Å². The highest BCUT2D eigenvalue weighted by molar-refractivity contribution is 5.28. The van der Waals surface area contributed by atoms with Gasteiger partial charge in [-0.2, -0.15) is 5.10 Å². The van der Waals surface area contributed by atoms with Gasteiger partial charge in [-0.05, 0) is 26.4 Å². The smallest absolute Gasteiger partial charge is 0.161 e. The lowest BCUT2D eigenvalue weighted by Crippen LogP contribution is -2.33. The van der Waals surface area contributed by atoms with Crippen molar-refractivity contribution in [3.8, 4) is 5.75 Å².